The van der Waals surface area contributed by atoms with E-state index in [0.717, 1.165) is 17.2 Å². The lowest BCUT2D eigenvalue weighted by atomic mass is 10.2. The zero-order valence-electron chi connectivity index (χ0n) is 11.7. The van der Waals surface area contributed by atoms with Gasteiger partial charge in [-0.05, 0) is 19.1 Å². The largest absolute Gasteiger partial charge is 0.330 e. The molecule has 1 atom stereocenters. The summed E-state index contributed by atoms with van der Waals surface area (Å²) in [7, 11) is 4.34. The molecule has 0 bridgehead atoms. The van der Waals surface area contributed by atoms with E-state index in [1.807, 2.05) is 31.3 Å². The van der Waals surface area contributed by atoms with Gasteiger partial charge in [0.15, 0.2) is 5.03 Å². The van der Waals surface area contributed by atoms with Crippen LogP contribution in [-0.2, 0) is 0 Å². The summed E-state index contributed by atoms with van der Waals surface area (Å²) in [5, 5.41) is 1.29. The Hall–Kier alpha value is -1.17. The Morgan fingerprint density at radius 3 is 2.79 bits per heavy atom. The fraction of sp³-hybridized carbons (Fsp3) is 0.429. The summed E-state index contributed by atoms with van der Waals surface area (Å²) in [6.07, 6.45) is 4.00. The van der Waals surface area contributed by atoms with E-state index in [9.17, 15) is 0 Å². The molecule has 19 heavy (non-hydrogen) atoms. The summed E-state index contributed by atoms with van der Waals surface area (Å²) in [6.45, 7) is 2.73. The van der Waals surface area contributed by atoms with Gasteiger partial charge >= 0.3 is 0 Å². The Balaban J connectivity index is 2.34. The summed E-state index contributed by atoms with van der Waals surface area (Å²) in [6, 6.07) is 5.99. The van der Waals surface area contributed by atoms with Crippen molar-refractivity contribution in [2.24, 2.45) is 10.7 Å². The third kappa shape index (κ3) is 3.05. The summed E-state index contributed by atoms with van der Waals surface area (Å²) in [4.78, 5) is 9.23. The molecule has 1 aliphatic heterocycles. The number of thioether (sulfide) groups is 1. The first-order valence-electron chi connectivity index (χ1n) is 6.40. The highest BCUT2D eigenvalue weighted by Crippen LogP contribution is 2.38. The van der Waals surface area contributed by atoms with Gasteiger partial charge in [0.1, 0.15) is 5.69 Å². The number of pyridine rings is 1. The average Bonchev–Trinajstić information content (AvgIpc) is 2.40. The third-order valence-corrected chi connectivity index (χ3v) is 4.48. The molecule has 4 nitrogen and oxygen atoms in total. The van der Waals surface area contributed by atoms with E-state index in [1.54, 1.807) is 11.8 Å². The van der Waals surface area contributed by atoms with Crippen LogP contribution in [0.1, 0.15) is 18.8 Å². The number of allylic oxidation sites excluding steroid dienone is 1. The van der Waals surface area contributed by atoms with Crippen LogP contribution in [-0.4, -0.2) is 41.6 Å². The molecule has 1 aromatic rings. The number of nitrogens with two attached hydrogens (primary N) is 1. The van der Waals surface area contributed by atoms with Gasteiger partial charge in [-0.25, -0.2) is 4.99 Å². The van der Waals surface area contributed by atoms with Crippen LogP contribution in [0.5, 0.6) is 0 Å². The van der Waals surface area contributed by atoms with Gasteiger partial charge in [0.05, 0.1) is 14.1 Å². The minimum Gasteiger partial charge on any atom is -0.330 e. The Morgan fingerprint density at radius 1 is 1.37 bits per heavy atom. The van der Waals surface area contributed by atoms with Crippen molar-refractivity contribution in [1.82, 2.24) is 4.98 Å². The molecule has 0 aromatic carbocycles. The highest BCUT2D eigenvalue weighted by Gasteiger charge is 2.37. The van der Waals surface area contributed by atoms with Gasteiger partial charge in [-0.15, -0.1) is 0 Å². The molecule has 0 radical (unpaired) electrons. The van der Waals surface area contributed by atoms with E-state index >= 15 is 0 Å². The molecular weight excluding hydrogens is 256 g/mol. The van der Waals surface area contributed by atoms with Crippen LogP contribution in [0.4, 0.5) is 0 Å². The number of hydrogen-bond donors (Lipinski definition) is 1. The van der Waals surface area contributed by atoms with Gasteiger partial charge in [0, 0.05) is 30.3 Å². The van der Waals surface area contributed by atoms with Gasteiger partial charge < -0.3 is 5.73 Å². The minimum absolute atomic E-state index is 0.0199. The predicted octanol–water partition coefficient (Wildman–Crippen LogP) is 2.16. The monoisotopic (exact) mass is 277 g/mol. The lowest BCUT2D eigenvalue weighted by Gasteiger charge is -2.38. The van der Waals surface area contributed by atoms with Crippen LogP contribution in [0.25, 0.3) is 0 Å². The molecule has 2 rings (SSSR count). The standard InChI is InChI=1S/C14H21N4S/c1-11-10-13(19-9-7-15)18(2,3)14(17-11)12-6-4-5-8-16-12/h4-6,8,10,14H,7,9,15H2,1-3H3/q+1. The second-order valence-corrected chi connectivity index (χ2v) is 6.17. The van der Waals surface area contributed by atoms with Crippen molar-refractivity contribution in [3.05, 3.63) is 41.2 Å². The van der Waals surface area contributed by atoms with E-state index in [1.165, 1.54) is 5.03 Å². The van der Waals surface area contributed by atoms with Gasteiger partial charge in [-0.2, -0.15) is 0 Å². The second-order valence-electron chi connectivity index (χ2n) is 5.06. The number of aliphatic imine (C=N–C) groups is 1. The normalized spacial score (nSPS) is 21.8. The first-order chi connectivity index (χ1) is 9.05. The molecule has 1 aliphatic rings. The Morgan fingerprint density at radius 2 is 2.16 bits per heavy atom. The maximum Gasteiger partial charge on any atom is 0.230 e. The van der Waals surface area contributed by atoms with Crippen molar-refractivity contribution in [3.8, 4) is 0 Å². The molecule has 102 valence electrons. The topological polar surface area (TPSA) is 51.3 Å². The summed E-state index contributed by atoms with van der Waals surface area (Å²) < 4.78 is 0.693. The van der Waals surface area contributed by atoms with Crippen LogP contribution in [0.15, 0.2) is 40.5 Å². The summed E-state index contributed by atoms with van der Waals surface area (Å²) >= 11 is 1.81. The molecule has 0 fully saturated rings. The average molecular weight is 277 g/mol. The van der Waals surface area contributed by atoms with Crippen LogP contribution < -0.4 is 5.73 Å². The first kappa shape index (κ1) is 14.2. The van der Waals surface area contributed by atoms with E-state index in [2.05, 4.69) is 25.2 Å². The maximum atomic E-state index is 5.62. The van der Waals surface area contributed by atoms with Crippen molar-refractivity contribution in [1.29, 1.82) is 0 Å². The fourth-order valence-electron chi connectivity index (χ4n) is 2.14. The molecule has 2 N–H and O–H groups in total. The Kier molecular flexibility index (Phi) is 4.39. The highest BCUT2D eigenvalue weighted by molar-refractivity contribution is 8.02. The molecule has 0 spiro atoms. The number of rotatable bonds is 4. The summed E-state index contributed by atoms with van der Waals surface area (Å²) in [5.41, 5.74) is 7.67. The zero-order chi connectivity index (χ0) is 13.9. The lowest BCUT2D eigenvalue weighted by Crippen LogP contribution is -2.43. The van der Waals surface area contributed by atoms with Crippen molar-refractivity contribution in [2.75, 3.05) is 26.4 Å². The first-order valence-corrected chi connectivity index (χ1v) is 7.38. The van der Waals surface area contributed by atoms with Crippen molar-refractivity contribution >= 4 is 17.5 Å². The molecule has 0 amide bonds. The molecular formula is C14H21N4S+. The third-order valence-electron chi connectivity index (χ3n) is 3.16. The predicted molar refractivity (Wildman–Crippen MR) is 81.8 cm³/mol. The summed E-state index contributed by atoms with van der Waals surface area (Å²) in [5.74, 6) is 0.926. The van der Waals surface area contributed by atoms with Gasteiger partial charge in [0.2, 0.25) is 6.17 Å². The molecule has 0 saturated heterocycles. The van der Waals surface area contributed by atoms with E-state index in [4.69, 9.17) is 10.7 Å². The molecule has 5 heteroatoms. The van der Waals surface area contributed by atoms with Gasteiger partial charge in [0.25, 0.3) is 0 Å². The quantitative estimate of drug-likeness (QED) is 0.858. The molecule has 0 saturated carbocycles. The van der Waals surface area contributed by atoms with Crippen LogP contribution >= 0.6 is 11.8 Å². The SMILES string of the molecule is CC1=NC(c2ccccn2)[N+](C)(C)C(SCCN)=C1. The highest BCUT2D eigenvalue weighted by atomic mass is 32.2. The Bertz CT molecular complexity index is 493. The molecule has 1 aromatic heterocycles. The van der Waals surface area contributed by atoms with E-state index in [0.29, 0.717) is 11.0 Å². The van der Waals surface area contributed by atoms with Gasteiger partial charge in [-0.1, -0.05) is 17.8 Å². The second kappa shape index (κ2) is 5.86. The number of hydrogen-bond acceptors (Lipinski definition) is 4. The number of quaternary nitrogens is 1. The van der Waals surface area contributed by atoms with E-state index in [-0.39, 0.29) is 6.17 Å². The van der Waals surface area contributed by atoms with Crippen molar-refractivity contribution < 1.29 is 4.48 Å². The zero-order valence-corrected chi connectivity index (χ0v) is 12.5. The molecule has 0 aliphatic carbocycles. The lowest BCUT2D eigenvalue weighted by molar-refractivity contribution is -0.877. The van der Waals surface area contributed by atoms with Crippen molar-refractivity contribution in [3.63, 3.8) is 0 Å². The Labute approximate surface area is 119 Å². The van der Waals surface area contributed by atoms with E-state index < -0.39 is 0 Å². The smallest absolute Gasteiger partial charge is 0.230 e. The molecule has 1 unspecified atom stereocenters. The molecule has 2 heterocycles. The van der Waals surface area contributed by atoms with Gasteiger partial charge in [-0.3, -0.25) is 9.47 Å². The number of aromatic nitrogens is 1. The van der Waals surface area contributed by atoms with Crippen LogP contribution in [0, 0.1) is 0 Å². The van der Waals surface area contributed by atoms with Crippen molar-refractivity contribution in [2.45, 2.75) is 13.1 Å². The fourth-order valence-corrected chi connectivity index (χ4v) is 3.15. The number of nitrogens with zero attached hydrogens (tertiary/aromatic N) is 3. The minimum atomic E-state index is 0.0199. The maximum absolute atomic E-state index is 5.62. The van der Waals surface area contributed by atoms with Crippen LogP contribution in [0.2, 0.25) is 0 Å². The van der Waals surface area contributed by atoms with Crippen LogP contribution in [0.3, 0.4) is 0 Å².